The summed E-state index contributed by atoms with van der Waals surface area (Å²) in [5.41, 5.74) is 2.13. The van der Waals surface area contributed by atoms with E-state index in [0.717, 1.165) is 24.8 Å². The molecule has 2 fully saturated rings. The van der Waals surface area contributed by atoms with E-state index in [1.807, 2.05) is 9.80 Å². The molecule has 45 heavy (non-hydrogen) atoms. The third-order valence-electron chi connectivity index (χ3n) is 8.47. The van der Waals surface area contributed by atoms with E-state index >= 15 is 0 Å². The highest BCUT2D eigenvalue weighted by molar-refractivity contribution is 6.05. The average Bonchev–Trinajstić information content (AvgIpc) is 3.67. The van der Waals surface area contributed by atoms with E-state index in [4.69, 9.17) is 15.9 Å². The van der Waals surface area contributed by atoms with Crippen molar-refractivity contribution >= 4 is 33.8 Å². The van der Waals surface area contributed by atoms with Crippen LogP contribution in [0.1, 0.15) is 57.0 Å². The van der Waals surface area contributed by atoms with Gasteiger partial charge in [-0.3, -0.25) is 9.59 Å². The van der Waals surface area contributed by atoms with Crippen molar-refractivity contribution in [2.75, 3.05) is 31.1 Å². The molecule has 2 saturated heterocycles. The van der Waals surface area contributed by atoms with Gasteiger partial charge in [0.1, 0.15) is 17.2 Å². The van der Waals surface area contributed by atoms with Gasteiger partial charge < -0.3 is 24.3 Å². The van der Waals surface area contributed by atoms with Crippen LogP contribution in [0.4, 0.5) is 19.0 Å². The number of nitrogens with zero attached hydrogens (tertiary/aromatic N) is 4. The minimum atomic E-state index is -4.58. The van der Waals surface area contributed by atoms with Gasteiger partial charge in [0.15, 0.2) is 11.4 Å². The number of rotatable bonds is 2. The Hall–Kier alpha value is -4.97. The molecule has 2 N–H and O–H groups in total. The van der Waals surface area contributed by atoms with Crippen molar-refractivity contribution in [3.8, 4) is 24.9 Å². The zero-order chi connectivity index (χ0) is 32.9. The van der Waals surface area contributed by atoms with Gasteiger partial charge in [0.25, 0.3) is 5.56 Å². The second-order valence-corrected chi connectivity index (χ2v) is 11.3. The fourth-order valence-electron chi connectivity index (χ4n) is 5.76. The molecular formula is C33H34F3N5O4. The predicted molar refractivity (Wildman–Crippen MR) is 165 cm³/mol. The fraction of sp³-hybridized carbons (Fsp3) is 0.394. The molecule has 5 heterocycles. The fourth-order valence-corrected chi connectivity index (χ4v) is 5.76. The first-order chi connectivity index (χ1) is 21.3. The zero-order valence-electron chi connectivity index (χ0n) is 25.2. The Kier molecular flexibility index (Phi) is 9.77. The lowest BCUT2D eigenvalue weighted by Gasteiger charge is -2.44. The van der Waals surface area contributed by atoms with E-state index in [2.05, 4.69) is 41.1 Å². The zero-order valence-corrected chi connectivity index (χ0v) is 25.2. The summed E-state index contributed by atoms with van der Waals surface area (Å²) in [6, 6.07) is 8.76. The summed E-state index contributed by atoms with van der Waals surface area (Å²) in [6.45, 7) is 8.46. The van der Waals surface area contributed by atoms with Crippen LogP contribution in [0.15, 0.2) is 45.7 Å². The average molecular weight is 622 g/mol. The summed E-state index contributed by atoms with van der Waals surface area (Å²) in [4.78, 5) is 37.5. The molecule has 9 nitrogen and oxygen atoms in total. The summed E-state index contributed by atoms with van der Waals surface area (Å²) in [5.74, 6) is 1.97. The number of aliphatic hydroxyl groups excluding tert-OH is 1. The van der Waals surface area contributed by atoms with Gasteiger partial charge in [-0.05, 0) is 43.4 Å². The number of carbonyl (C=O) groups excluding carboxylic acids is 1. The Balaban J connectivity index is 0.000000190. The smallest absolute Gasteiger partial charge is 0.451 e. The van der Waals surface area contributed by atoms with E-state index in [-0.39, 0.29) is 34.1 Å². The number of alkyl halides is 3. The van der Waals surface area contributed by atoms with Crippen LogP contribution in [-0.2, 0) is 16.4 Å². The van der Waals surface area contributed by atoms with E-state index in [9.17, 15) is 22.8 Å². The van der Waals surface area contributed by atoms with Crippen LogP contribution in [0.5, 0.6) is 0 Å². The van der Waals surface area contributed by atoms with Gasteiger partial charge in [0.05, 0.1) is 0 Å². The van der Waals surface area contributed by atoms with Gasteiger partial charge in [0, 0.05) is 61.2 Å². The number of anilines is 1. The molecule has 2 aliphatic rings. The molecule has 12 heteroatoms. The molecule has 0 saturated carbocycles. The van der Waals surface area contributed by atoms with Crippen LogP contribution in [0, 0.1) is 30.8 Å². The minimum Gasteiger partial charge on any atom is -0.462 e. The molecule has 4 aromatic rings. The molecule has 6 rings (SSSR count). The monoisotopic (exact) mass is 621 g/mol. The number of likely N-dealkylation sites (tertiary alicyclic amines) is 1. The number of piperidine rings is 1. The molecule has 0 spiro atoms. The van der Waals surface area contributed by atoms with Crippen LogP contribution >= 0.6 is 0 Å². The molecule has 0 bridgehead atoms. The number of furan rings is 1. The summed E-state index contributed by atoms with van der Waals surface area (Å²) in [6.07, 6.45) is 10.4. The van der Waals surface area contributed by atoms with Crippen LogP contribution in [0.3, 0.4) is 0 Å². The quantitative estimate of drug-likeness (QED) is 0.286. The number of amides is 1. The normalized spacial score (nSPS) is 19.6. The third-order valence-corrected chi connectivity index (χ3v) is 8.47. The number of fused-ring (bicyclic) bond motifs is 3. The lowest BCUT2D eigenvalue weighted by atomic mass is 9.68. The Morgan fingerprint density at radius 2 is 1.84 bits per heavy atom. The van der Waals surface area contributed by atoms with Gasteiger partial charge in [-0.15, -0.1) is 6.42 Å². The highest BCUT2D eigenvalue weighted by Crippen LogP contribution is 2.39. The van der Waals surface area contributed by atoms with Gasteiger partial charge in [-0.2, -0.15) is 13.2 Å². The molecule has 0 aliphatic carbocycles. The number of nitrogens with one attached hydrogen (secondary N) is 1. The predicted octanol–water partition coefficient (Wildman–Crippen LogP) is 5.45. The topological polar surface area (TPSA) is 116 Å². The van der Waals surface area contributed by atoms with Crippen molar-refractivity contribution in [3.63, 3.8) is 0 Å². The molecule has 0 radical (unpaired) electrons. The van der Waals surface area contributed by atoms with Crippen LogP contribution in [-0.4, -0.2) is 57.0 Å². The van der Waals surface area contributed by atoms with Gasteiger partial charge in [0.2, 0.25) is 11.7 Å². The summed E-state index contributed by atoms with van der Waals surface area (Å²) in [5, 5.41) is 7.67. The standard InChI is InChI=1S/C16H20N2O2.C15H12F3N3O.C2H2O/c1-5-13-8-14(15(20)17-9-13)16(4)6-7-18(12(3)19)10-11(16)2;16-15(17,18)14-19-11-9-5-1-2-6-10(9)22-12(11)13(20-14)21-7-3-4-8-21;1-2-3/h1,8-9,11H,6-7,10H2,2-4H3,(H,17,20);1-2,5-6H,3-4,7-8H2;1,3H/t11?,16-;;/m0../s1. The molecule has 1 unspecified atom stereocenters. The van der Waals surface area contributed by atoms with Gasteiger partial charge >= 0.3 is 6.18 Å². The molecule has 1 aromatic carbocycles. The maximum absolute atomic E-state index is 13.1. The Bertz CT molecular complexity index is 1830. The second kappa shape index (κ2) is 13.3. The first-order valence-electron chi connectivity index (χ1n) is 14.4. The number of para-hydroxylation sites is 1. The highest BCUT2D eigenvalue weighted by atomic mass is 19.4. The van der Waals surface area contributed by atoms with Crippen LogP contribution < -0.4 is 10.5 Å². The van der Waals surface area contributed by atoms with Crippen molar-refractivity contribution in [1.82, 2.24) is 19.9 Å². The second-order valence-electron chi connectivity index (χ2n) is 11.3. The summed E-state index contributed by atoms with van der Waals surface area (Å²) < 4.78 is 45.1. The number of halogens is 3. The van der Waals surface area contributed by atoms with Crippen molar-refractivity contribution in [1.29, 1.82) is 0 Å². The number of carbonyl (C=O) groups is 1. The Morgan fingerprint density at radius 3 is 2.44 bits per heavy atom. The van der Waals surface area contributed by atoms with E-state index in [0.29, 0.717) is 48.3 Å². The van der Waals surface area contributed by atoms with Crippen molar-refractivity contribution < 1.29 is 27.5 Å². The lowest BCUT2D eigenvalue weighted by Crippen LogP contribution is -2.50. The summed E-state index contributed by atoms with van der Waals surface area (Å²) >= 11 is 0. The van der Waals surface area contributed by atoms with E-state index in [1.54, 1.807) is 43.5 Å². The maximum Gasteiger partial charge on any atom is 0.451 e. The van der Waals surface area contributed by atoms with Crippen LogP contribution in [0.25, 0.3) is 22.1 Å². The van der Waals surface area contributed by atoms with E-state index < -0.39 is 12.0 Å². The molecule has 2 atom stereocenters. The van der Waals surface area contributed by atoms with Crippen molar-refractivity contribution in [2.45, 2.75) is 51.6 Å². The van der Waals surface area contributed by atoms with Gasteiger partial charge in [-0.1, -0.05) is 38.3 Å². The van der Waals surface area contributed by atoms with Crippen molar-refractivity contribution in [3.05, 3.63) is 63.8 Å². The maximum atomic E-state index is 13.1. The number of H-pyrrole nitrogens is 1. The largest absolute Gasteiger partial charge is 0.462 e. The van der Waals surface area contributed by atoms with Crippen molar-refractivity contribution in [2.24, 2.45) is 5.92 Å². The number of aliphatic hydroxyl groups is 1. The SMILES string of the molecule is C#CO.C#Cc1c[nH]c(=O)c([C@@]2(C)CCN(C(C)=O)CC2C)c1.FC(F)(F)c1nc(N2CCCC2)c2oc3ccccc3c2n1. The highest BCUT2D eigenvalue weighted by Gasteiger charge is 2.40. The first kappa shape index (κ1) is 32.9. The number of pyridine rings is 1. The summed E-state index contributed by atoms with van der Waals surface area (Å²) in [7, 11) is 0. The Labute approximate surface area is 258 Å². The number of hydrogen-bond donors (Lipinski definition) is 2. The van der Waals surface area contributed by atoms with Crippen LogP contribution in [0.2, 0.25) is 0 Å². The number of aromatic amines is 1. The lowest BCUT2D eigenvalue weighted by molar-refractivity contribution is -0.144. The molecule has 3 aromatic heterocycles. The number of terminal acetylenes is 2. The number of hydrogen-bond acceptors (Lipinski definition) is 7. The van der Waals surface area contributed by atoms with E-state index in [1.165, 1.54) is 6.11 Å². The number of aromatic nitrogens is 3. The first-order valence-corrected chi connectivity index (χ1v) is 14.4. The Morgan fingerprint density at radius 1 is 1.18 bits per heavy atom. The third kappa shape index (κ3) is 6.91. The van der Waals surface area contributed by atoms with Gasteiger partial charge in [-0.25, -0.2) is 9.97 Å². The minimum absolute atomic E-state index is 0.0881. The molecule has 236 valence electrons. The number of benzene rings is 1. The molecular weight excluding hydrogens is 587 g/mol. The molecule has 2 aliphatic heterocycles. The molecule has 1 amide bonds.